The molecule has 1 aliphatic rings. The van der Waals surface area contributed by atoms with Crippen molar-refractivity contribution in [3.8, 4) is 17.0 Å². The van der Waals surface area contributed by atoms with Gasteiger partial charge in [0.25, 0.3) is 5.91 Å². The van der Waals surface area contributed by atoms with Crippen LogP contribution in [0.4, 0.5) is 15.7 Å². The molecule has 4 rings (SSSR count). The highest BCUT2D eigenvalue weighted by molar-refractivity contribution is 7.16. The van der Waals surface area contributed by atoms with Gasteiger partial charge in [-0.05, 0) is 43.3 Å². The second kappa shape index (κ2) is 9.23. The summed E-state index contributed by atoms with van der Waals surface area (Å²) in [6, 6.07) is 11.1. The SMILES string of the molecule is COc1ccc(-c2nc(NC(=O)c3ccc(N4CCN(C(=O)O)CC4)nc3)sc2C)cc1. The van der Waals surface area contributed by atoms with Crippen LogP contribution >= 0.6 is 11.3 Å². The smallest absolute Gasteiger partial charge is 0.407 e. The topological polar surface area (TPSA) is 108 Å². The number of hydrogen-bond acceptors (Lipinski definition) is 7. The van der Waals surface area contributed by atoms with E-state index in [9.17, 15) is 9.59 Å². The number of carbonyl (C=O) groups is 2. The molecular formula is C22H23N5O4S. The Kier molecular flexibility index (Phi) is 6.22. The predicted octanol–water partition coefficient (Wildman–Crippen LogP) is 3.57. The molecule has 1 aromatic carbocycles. The standard InChI is InChI=1S/C22H23N5O4S/c1-14-19(15-3-6-17(31-2)7-4-15)24-21(32-14)25-20(28)16-5-8-18(23-13-16)26-9-11-27(12-10-26)22(29)30/h3-8,13H,9-12H2,1-2H3,(H,29,30)(H,24,25,28). The Labute approximate surface area is 189 Å². The molecule has 0 radical (unpaired) electrons. The van der Waals surface area contributed by atoms with E-state index >= 15 is 0 Å². The maximum atomic E-state index is 12.7. The zero-order valence-corrected chi connectivity index (χ0v) is 18.6. The van der Waals surface area contributed by atoms with Crippen molar-refractivity contribution in [3.05, 3.63) is 53.0 Å². The zero-order valence-electron chi connectivity index (χ0n) is 17.7. The van der Waals surface area contributed by atoms with E-state index in [1.165, 1.54) is 22.4 Å². The Morgan fingerprint density at radius 3 is 2.41 bits per heavy atom. The number of benzene rings is 1. The van der Waals surface area contributed by atoms with Crippen LogP contribution in [0.25, 0.3) is 11.3 Å². The molecule has 32 heavy (non-hydrogen) atoms. The first-order valence-electron chi connectivity index (χ1n) is 10.1. The number of carbonyl (C=O) groups excluding carboxylic acids is 1. The summed E-state index contributed by atoms with van der Waals surface area (Å²) >= 11 is 1.41. The van der Waals surface area contributed by atoms with E-state index < -0.39 is 6.09 Å². The summed E-state index contributed by atoms with van der Waals surface area (Å²) < 4.78 is 5.19. The molecule has 3 aromatic rings. The molecule has 1 saturated heterocycles. The molecular weight excluding hydrogens is 430 g/mol. The molecule has 0 bridgehead atoms. The summed E-state index contributed by atoms with van der Waals surface area (Å²) in [6.07, 6.45) is 0.621. The van der Waals surface area contributed by atoms with Gasteiger partial charge in [0.1, 0.15) is 11.6 Å². The Hall–Kier alpha value is -3.66. The number of anilines is 2. The fourth-order valence-electron chi connectivity index (χ4n) is 3.47. The molecule has 0 unspecified atom stereocenters. The van der Waals surface area contributed by atoms with Crippen molar-refractivity contribution in [1.29, 1.82) is 0 Å². The highest BCUT2D eigenvalue weighted by Gasteiger charge is 2.21. The Bertz CT molecular complexity index is 1110. The minimum absolute atomic E-state index is 0.283. The molecule has 166 valence electrons. The van der Waals surface area contributed by atoms with E-state index in [-0.39, 0.29) is 5.91 Å². The van der Waals surface area contributed by atoms with Crippen LogP contribution in [-0.4, -0.2) is 65.3 Å². The molecule has 9 nitrogen and oxygen atoms in total. The van der Waals surface area contributed by atoms with Crippen molar-refractivity contribution in [2.75, 3.05) is 43.5 Å². The number of pyridine rings is 1. The summed E-state index contributed by atoms with van der Waals surface area (Å²) in [5.41, 5.74) is 2.20. The van der Waals surface area contributed by atoms with Crippen molar-refractivity contribution in [2.24, 2.45) is 0 Å². The van der Waals surface area contributed by atoms with Gasteiger partial charge in [0.15, 0.2) is 5.13 Å². The number of aromatic nitrogens is 2. The minimum atomic E-state index is -0.905. The van der Waals surface area contributed by atoms with Gasteiger partial charge < -0.3 is 19.6 Å². The number of hydrogen-bond donors (Lipinski definition) is 2. The van der Waals surface area contributed by atoms with Gasteiger partial charge in [0, 0.05) is 42.8 Å². The van der Waals surface area contributed by atoms with Gasteiger partial charge in [-0.15, -0.1) is 11.3 Å². The lowest BCUT2D eigenvalue weighted by molar-refractivity contribution is 0.102. The quantitative estimate of drug-likeness (QED) is 0.608. The number of ether oxygens (including phenoxy) is 1. The summed E-state index contributed by atoms with van der Waals surface area (Å²) in [5.74, 6) is 1.21. The Balaban J connectivity index is 1.40. The third-order valence-electron chi connectivity index (χ3n) is 5.26. The molecule has 10 heteroatoms. The predicted molar refractivity (Wildman–Crippen MR) is 123 cm³/mol. The first kappa shape index (κ1) is 21.6. The van der Waals surface area contributed by atoms with E-state index in [1.807, 2.05) is 36.1 Å². The van der Waals surface area contributed by atoms with Gasteiger partial charge in [0.2, 0.25) is 0 Å². The van der Waals surface area contributed by atoms with Crippen molar-refractivity contribution in [1.82, 2.24) is 14.9 Å². The van der Waals surface area contributed by atoms with Crippen molar-refractivity contribution < 1.29 is 19.4 Å². The van der Waals surface area contributed by atoms with Crippen LogP contribution < -0.4 is 15.0 Å². The molecule has 2 N–H and O–H groups in total. The third kappa shape index (κ3) is 4.65. The number of thiazole rings is 1. The number of piperazine rings is 1. The van der Waals surface area contributed by atoms with Gasteiger partial charge in [-0.3, -0.25) is 10.1 Å². The van der Waals surface area contributed by atoms with Crippen LogP contribution in [0.3, 0.4) is 0 Å². The van der Waals surface area contributed by atoms with E-state index in [1.54, 1.807) is 19.2 Å². The van der Waals surface area contributed by atoms with Gasteiger partial charge in [-0.25, -0.2) is 14.8 Å². The molecule has 0 spiro atoms. The van der Waals surface area contributed by atoms with Crippen LogP contribution in [0, 0.1) is 6.92 Å². The molecule has 3 heterocycles. The Morgan fingerprint density at radius 1 is 1.09 bits per heavy atom. The van der Waals surface area contributed by atoms with Crippen LogP contribution in [0.1, 0.15) is 15.2 Å². The first-order valence-corrected chi connectivity index (χ1v) is 10.9. The van der Waals surface area contributed by atoms with Crippen molar-refractivity contribution in [2.45, 2.75) is 6.92 Å². The lowest BCUT2D eigenvalue weighted by atomic mass is 10.1. The fraction of sp³-hybridized carbons (Fsp3) is 0.273. The first-order chi connectivity index (χ1) is 15.4. The maximum Gasteiger partial charge on any atom is 0.407 e. The highest BCUT2D eigenvalue weighted by atomic mass is 32.1. The highest BCUT2D eigenvalue weighted by Crippen LogP contribution is 2.31. The molecule has 0 atom stereocenters. The molecule has 1 aliphatic heterocycles. The monoisotopic (exact) mass is 453 g/mol. The molecule has 0 saturated carbocycles. The maximum absolute atomic E-state index is 12.7. The van der Waals surface area contributed by atoms with Gasteiger partial charge in [-0.1, -0.05) is 0 Å². The molecule has 2 amide bonds. The van der Waals surface area contributed by atoms with Crippen molar-refractivity contribution >= 4 is 34.3 Å². The second-order valence-electron chi connectivity index (χ2n) is 7.27. The number of aryl methyl sites for hydroxylation is 1. The zero-order chi connectivity index (χ0) is 22.7. The minimum Gasteiger partial charge on any atom is -0.497 e. The van der Waals surface area contributed by atoms with Crippen molar-refractivity contribution in [3.63, 3.8) is 0 Å². The van der Waals surface area contributed by atoms with Gasteiger partial charge in [-0.2, -0.15) is 0 Å². The van der Waals surface area contributed by atoms with E-state index in [0.29, 0.717) is 36.9 Å². The number of methoxy groups -OCH3 is 1. The van der Waals surface area contributed by atoms with Gasteiger partial charge in [0.05, 0.1) is 18.4 Å². The second-order valence-corrected chi connectivity index (χ2v) is 8.47. The largest absolute Gasteiger partial charge is 0.497 e. The summed E-state index contributed by atoms with van der Waals surface area (Å²) in [5, 5.41) is 12.4. The number of carboxylic acid groups (broad SMARTS) is 1. The molecule has 1 fully saturated rings. The summed E-state index contributed by atoms with van der Waals surface area (Å²) in [7, 11) is 1.62. The Morgan fingerprint density at radius 2 is 1.81 bits per heavy atom. The number of amides is 2. The summed E-state index contributed by atoms with van der Waals surface area (Å²) in [4.78, 5) is 37.1. The van der Waals surface area contributed by atoms with Gasteiger partial charge >= 0.3 is 6.09 Å². The number of nitrogens with zero attached hydrogens (tertiary/aromatic N) is 4. The van der Waals surface area contributed by atoms with Crippen LogP contribution in [0.15, 0.2) is 42.6 Å². The summed E-state index contributed by atoms with van der Waals surface area (Å²) in [6.45, 7) is 3.96. The molecule has 2 aromatic heterocycles. The van der Waals surface area contributed by atoms with E-state index in [4.69, 9.17) is 9.84 Å². The van der Waals surface area contributed by atoms with Crippen LogP contribution in [0.2, 0.25) is 0 Å². The normalized spacial score (nSPS) is 13.7. The van der Waals surface area contributed by atoms with E-state index in [0.717, 1.165) is 27.7 Å². The number of rotatable bonds is 5. The average Bonchev–Trinajstić information content (AvgIpc) is 3.19. The lowest BCUT2D eigenvalue weighted by Crippen LogP contribution is -2.48. The van der Waals surface area contributed by atoms with Crippen LogP contribution in [0.5, 0.6) is 5.75 Å². The van der Waals surface area contributed by atoms with Crippen LogP contribution in [-0.2, 0) is 0 Å². The average molecular weight is 454 g/mol. The third-order valence-corrected chi connectivity index (χ3v) is 6.15. The molecule has 0 aliphatic carbocycles. The van der Waals surface area contributed by atoms with E-state index in [2.05, 4.69) is 15.3 Å². The number of nitrogens with one attached hydrogen (secondary N) is 1. The lowest BCUT2D eigenvalue weighted by Gasteiger charge is -2.33. The fourth-order valence-corrected chi connectivity index (χ4v) is 4.30.